The molecule has 0 aliphatic carbocycles. The third kappa shape index (κ3) is 28.7. The Bertz CT molecular complexity index is 618. The van der Waals surface area contributed by atoms with Gasteiger partial charge in [0.05, 0.1) is 0 Å². The van der Waals surface area contributed by atoms with Gasteiger partial charge in [0.1, 0.15) is 0 Å². The first kappa shape index (κ1) is 34.9. The molecule has 0 aromatic rings. The normalized spacial score (nSPS) is 12.8. The van der Waals surface area contributed by atoms with E-state index >= 15 is 0 Å². The molecule has 0 rings (SSSR count). The molecule has 0 spiro atoms. The average molecular weight is 491 g/mol. The van der Waals surface area contributed by atoms with Gasteiger partial charge >= 0.3 is 0 Å². The van der Waals surface area contributed by atoms with Crippen LogP contribution in [0.25, 0.3) is 0 Å². The van der Waals surface area contributed by atoms with Crippen LogP contribution in [0, 0.1) is 0 Å². The fourth-order valence-electron chi connectivity index (χ4n) is 3.29. The number of allylic oxidation sites excluding steroid dienone is 11. The second kappa shape index (κ2) is 24.8. The van der Waals surface area contributed by atoms with Crippen LogP contribution in [-0.2, 0) is 0 Å². The van der Waals surface area contributed by atoms with Crippen LogP contribution in [0.2, 0.25) is 0 Å². The number of alkyl halides is 1. The van der Waals surface area contributed by atoms with Crippen LogP contribution in [0.15, 0.2) is 69.9 Å². The first-order valence-corrected chi connectivity index (χ1v) is 13.7. The van der Waals surface area contributed by atoms with Gasteiger partial charge in [0.15, 0.2) is 0 Å². The second-order valence-corrected chi connectivity index (χ2v) is 10.3. The van der Waals surface area contributed by atoms with Crippen molar-refractivity contribution in [3.05, 3.63) is 69.9 Å². The van der Waals surface area contributed by atoms with Gasteiger partial charge in [0.2, 0.25) is 0 Å². The molecule has 0 aliphatic heterocycles. The minimum atomic E-state index is 0.259. The second-order valence-electron chi connectivity index (χ2n) is 9.91. The minimum absolute atomic E-state index is 0.259. The van der Waals surface area contributed by atoms with E-state index in [1.165, 1.54) is 52.7 Å². The molecule has 0 heterocycles. The highest BCUT2D eigenvalue weighted by molar-refractivity contribution is 6.17. The Kier molecular flexibility index (Phi) is 25.4. The maximum Gasteiger partial charge on any atom is 0.0465 e. The highest BCUT2D eigenvalue weighted by Crippen LogP contribution is 2.13. The van der Waals surface area contributed by atoms with Crippen molar-refractivity contribution >= 4 is 11.6 Å². The fraction of sp³-hybridized carbons (Fsp3) is 0.625. The van der Waals surface area contributed by atoms with Gasteiger partial charge in [-0.15, -0.1) is 11.6 Å². The summed E-state index contributed by atoms with van der Waals surface area (Å²) in [7, 11) is 0. The van der Waals surface area contributed by atoms with Gasteiger partial charge < -0.3 is 5.11 Å². The molecule has 0 atom stereocenters. The Morgan fingerprint density at radius 3 is 1.06 bits per heavy atom. The van der Waals surface area contributed by atoms with Gasteiger partial charge in [-0.05, 0) is 120 Å². The molecular formula is C32H55ClO. The SMILES string of the molecule is CC(C)=CCC/C(C)=C/CC/C(C)=C/CCCl.CC(C)=CCC/C(C)=C/CC/C(C)=C/CCO. The summed E-state index contributed by atoms with van der Waals surface area (Å²) in [6.45, 7) is 17.6. The fourth-order valence-corrected chi connectivity index (χ4v) is 3.40. The van der Waals surface area contributed by atoms with E-state index in [9.17, 15) is 0 Å². The number of aliphatic hydroxyl groups excluding tert-OH is 1. The van der Waals surface area contributed by atoms with Crippen LogP contribution in [0.3, 0.4) is 0 Å². The lowest BCUT2D eigenvalue weighted by Crippen LogP contribution is -1.82. The molecule has 196 valence electrons. The average Bonchev–Trinajstić information content (AvgIpc) is 2.76. The molecule has 0 saturated carbocycles. The Balaban J connectivity index is 0. The Morgan fingerprint density at radius 1 is 0.471 bits per heavy atom. The van der Waals surface area contributed by atoms with Crippen molar-refractivity contribution in [3.8, 4) is 0 Å². The van der Waals surface area contributed by atoms with Crippen LogP contribution in [-0.4, -0.2) is 17.6 Å². The zero-order valence-corrected chi connectivity index (χ0v) is 24.5. The summed E-state index contributed by atoms with van der Waals surface area (Å²) in [5.41, 5.74) is 8.65. The smallest absolute Gasteiger partial charge is 0.0465 e. The quantitative estimate of drug-likeness (QED) is 0.168. The zero-order chi connectivity index (χ0) is 26.2. The molecule has 0 amide bonds. The molecule has 34 heavy (non-hydrogen) atoms. The Hall–Kier alpha value is -1.31. The van der Waals surface area contributed by atoms with Gasteiger partial charge in [-0.25, -0.2) is 0 Å². The molecule has 0 aromatic carbocycles. The van der Waals surface area contributed by atoms with Gasteiger partial charge in [-0.3, -0.25) is 0 Å². The van der Waals surface area contributed by atoms with E-state index in [2.05, 4.69) is 91.8 Å². The molecule has 0 bridgehead atoms. The summed E-state index contributed by atoms with van der Waals surface area (Å²) in [5.74, 6) is 0.731. The third-order valence-corrected chi connectivity index (χ3v) is 5.69. The van der Waals surface area contributed by atoms with Crippen LogP contribution >= 0.6 is 11.6 Å². The molecule has 0 fully saturated rings. The number of rotatable bonds is 16. The predicted molar refractivity (Wildman–Crippen MR) is 158 cm³/mol. The summed E-state index contributed by atoms with van der Waals surface area (Å²) in [5, 5.41) is 8.71. The van der Waals surface area contributed by atoms with Crippen molar-refractivity contribution in [2.75, 3.05) is 12.5 Å². The van der Waals surface area contributed by atoms with Gasteiger partial charge in [0, 0.05) is 12.5 Å². The van der Waals surface area contributed by atoms with Crippen molar-refractivity contribution in [3.63, 3.8) is 0 Å². The topological polar surface area (TPSA) is 20.2 Å². The molecule has 1 N–H and O–H groups in total. The van der Waals surface area contributed by atoms with Crippen molar-refractivity contribution in [2.45, 2.75) is 120 Å². The maximum atomic E-state index is 8.71. The Morgan fingerprint density at radius 2 is 0.765 bits per heavy atom. The highest BCUT2D eigenvalue weighted by atomic mass is 35.5. The van der Waals surface area contributed by atoms with E-state index in [0.29, 0.717) is 0 Å². The van der Waals surface area contributed by atoms with E-state index in [0.717, 1.165) is 50.8 Å². The van der Waals surface area contributed by atoms with E-state index in [1.807, 2.05) is 0 Å². The lowest BCUT2D eigenvalue weighted by atomic mass is 10.1. The van der Waals surface area contributed by atoms with Crippen LogP contribution in [0.4, 0.5) is 0 Å². The third-order valence-electron chi connectivity index (χ3n) is 5.47. The number of hydrogen-bond acceptors (Lipinski definition) is 1. The van der Waals surface area contributed by atoms with Crippen LogP contribution in [0.5, 0.6) is 0 Å². The maximum absolute atomic E-state index is 8.71. The summed E-state index contributed by atoms with van der Waals surface area (Å²) < 4.78 is 0. The number of halogens is 1. The van der Waals surface area contributed by atoms with Gasteiger partial charge in [0.25, 0.3) is 0 Å². The van der Waals surface area contributed by atoms with E-state index in [4.69, 9.17) is 16.7 Å². The van der Waals surface area contributed by atoms with Crippen LogP contribution in [0.1, 0.15) is 120 Å². The summed E-state index contributed by atoms with van der Waals surface area (Å²) in [6, 6.07) is 0. The first-order valence-electron chi connectivity index (χ1n) is 13.2. The number of hydrogen-bond donors (Lipinski definition) is 1. The van der Waals surface area contributed by atoms with Crippen molar-refractivity contribution in [1.29, 1.82) is 0 Å². The molecule has 1 nitrogen and oxygen atoms in total. The standard InChI is InChI=1S/C16H27Cl.C16H28O/c2*1-14(2)8-5-9-15(3)10-6-11-16(4)12-7-13-17/h8,10,12H,5-7,9,11,13H2,1-4H3;8,10,12,17H,5-7,9,11,13H2,1-4H3/b2*15-10+,16-12+. The summed E-state index contributed by atoms with van der Waals surface area (Å²) in [4.78, 5) is 0. The predicted octanol–water partition coefficient (Wildman–Crippen LogP) is 10.8. The van der Waals surface area contributed by atoms with Crippen molar-refractivity contribution < 1.29 is 5.11 Å². The van der Waals surface area contributed by atoms with Gasteiger partial charge in [-0.1, -0.05) is 69.9 Å². The van der Waals surface area contributed by atoms with E-state index < -0.39 is 0 Å². The molecule has 0 saturated heterocycles. The molecular weight excluding hydrogens is 436 g/mol. The number of aliphatic hydroxyl groups is 1. The summed E-state index contributed by atoms with van der Waals surface area (Å²) in [6.07, 6.45) is 24.7. The molecule has 0 aromatic heterocycles. The van der Waals surface area contributed by atoms with Crippen molar-refractivity contribution in [2.24, 2.45) is 0 Å². The lowest BCUT2D eigenvalue weighted by molar-refractivity contribution is 0.302. The monoisotopic (exact) mass is 490 g/mol. The van der Waals surface area contributed by atoms with Crippen LogP contribution < -0.4 is 0 Å². The largest absolute Gasteiger partial charge is 0.396 e. The van der Waals surface area contributed by atoms with E-state index in [-0.39, 0.29) is 6.61 Å². The molecule has 0 aliphatic rings. The first-order chi connectivity index (χ1) is 16.1. The Labute approximate surface area is 218 Å². The minimum Gasteiger partial charge on any atom is -0.396 e. The molecule has 2 heteroatoms. The summed E-state index contributed by atoms with van der Waals surface area (Å²) >= 11 is 5.65. The van der Waals surface area contributed by atoms with Crippen molar-refractivity contribution in [1.82, 2.24) is 0 Å². The zero-order valence-electron chi connectivity index (χ0n) is 23.8. The highest BCUT2D eigenvalue weighted by Gasteiger charge is 1.93. The lowest BCUT2D eigenvalue weighted by Gasteiger charge is -2.01. The molecule has 0 radical (unpaired) electrons. The van der Waals surface area contributed by atoms with E-state index in [1.54, 1.807) is 0 Å². The van der Waals surface area contributed by atoms with Gasteiger partial charge in [-0.2, -0.15) is 0 Å². The molecule has 0 unspecified atom stereocenters.